The first-order valence-electron chi connectivity index (χ1n) is 19.9. The third kappa shape index (κ3) is 5.12. The summed E-state index contributed by atoms with van der Waals surface area (Å²) in [5, 5.41) is 6.47. The van der Waals surface area contributed by atoms with Crippen molar-refractivity contribution >= 4 is 99.8 Å². The molecule has 0 amide bonds. The number of anilines is 6. The van der Waals surface area contributed by atoms with E-state index in [1.165, 1.54) is 0 Å². The number of hydrogen-bond donors (Lipinski definition) is 0. The van der Waals surface area contributed by atoms with E-state index in [0.717, 1.165) is 105 Å². The molecule has 9 aromatic carbocycles. The van der Waals surface area contributed by atoms with Gasteiger partial charge >= 0.3 is 0 Å². The van der Waals surface area contributed by atoms with Crippen molar-refractivity contribution in [3.05, 3.63) is 212 Å². The summed E-state index contributed by atoms with van der Waals surface area (Å²) in [7, 11) is 0. The fraction of sp³-hybridized carbons (Fsp3) is 0. The molecule has 278 valence electrons. The van der Waals surface area contributed by atoms with Crippen molar-refractivity contribution in [3.8, 4) is 5.69 Å². The standard InChI is InChI=1S/C54H35N3O2/c1-6-20-36(21-7-1)55(37-22-8-2-9-23-37)45-34-43-51(49-41-30-16-18-32-47(41)58-53(45)49)52-44(57(43)40-28-14-5-15-29-40)35-46(54-50(52)42-31-17-19-33-48(42)59-54)56(38-24-10-3-11-25-38)39-26-12-4-13-27-39/h1-35H. The second-order valence-electron chi connectivity index (χ2n) is 14.9. The summed E-state index contributed by atoms with van der Waals surface area (Å²) in [6.07, 6.45) is 0. The maximum atomic E-state index is 7.06. The monoisotopic (exact) mass is 757 g/mol. The van der Waals surface area contributed by atoms with Crippen molar-refractivity contribution in [3.63, 3.8) is 0 Å². The Labute approximate surface area is 339 Å². The quantitative estimate of drug-likeness (QED) is 0.162. The second kappa shape index (κ2) is 13.3. The Morgan fingerprint density at radius 3 is 1.02 bits per heavy atom. The molecule has 0 saturated heterocycles. The largest absolute Gasteiger partial charge is 0.454 e. The van der Waals surface area contributed by atoms with E-state index in [9.17, 15) is 0 Å². The lowest BCUT2D eigenvalue weighted by molar-refractivity contribution is 0.669. The van der Waals surface area contributed by atoms with E-state index in [-0.39, 0.29) is 0 Å². The number of para-hydroxylation sites is 7. The van der Waals surface area contributed by atoms with Crippen LogP contribution in [-0.2, 0) is 0 Å². The average molecular weight is 758 g/mol. The number of aromatic nitrogens is 1. The van der Waals surface area contributed by atoms with Gasteiger partial charge in [0.2, 0.25) is 0 Å². The van der Waals surface area contributed by atoms with Crippen LogP contribution in [0.5, 0.6) is 0 Å². The zero-order valence-electron chi connectivity index (χ0n) is 31.9. The molecule has 0 radical (unpaired) electrons. The zero-order valence-corrected chi connectivity index (χ0v) is 31.9. The van der Waals surface area contributed by atoms with Gasteiger partial charge in [-0.3, -0.25) is 0 Å². The maximum Gasteiger partial charge on any atom is 0.160 e. The number of benzene rings is 9. The van der Waals surface area contributed by atoms with E-state index in [1.807, 2.05) is 0 Å². The van der Waals surface area contributed by atoms with Crippen molar-refractivity contribution in [1.29, 1.82) is 0 Å². The summed E-state index contributed by atoms with van der Waals surface area (Å²) in [5.41, 5.74) is 12.5. The fourth-order valence-electron chi connectivity index (χ4n) is 9.08. The van der Waals surface area contributed by atoms with Crippen LogP contribution in [0.4, 0.5) is 34.1 Å². The highest BCUT2D eigenvalue weighted by atomic mass is 16.3. The van der Waals surface area contributed by atoms with Gasteiger partial charge in [-0.1, -0.05) is 127 Å². The first kappa shape index (κ1) is 33.2. The first-order chi connectivity index (χ1) is 29.3. The van der Waals surface area contributed by atoms with E-state index < -0.39 is 0 Å². The van der Waals surface area contributed by atoms with Crippen LogP contribution in [0, 0.1) is 0 Å². The van der Waals surface area contributed by atoms with Gasteiger partial charge < -0.3 is 23.2 Å². The Morgan fingerprint density at radius 1 is 0.322 bits per heavy atom. The van der Waals surface area contributed by atoms with Gasteiger partial charge in [0.25, 0.3) is 0 Å². The molecule has 3 heterocycles. The summed E-state index contributed by atoms with van der Waals surface area (Å²) < 4.78 is 16.5. The predicted octanol–water partition coefficient (Wildman–Crippen LogP) is 15.5. The van der Waals surface area contributed by atoms with Crippen LogP contribution >= 0.6 is 0 Å². The molecule has 0 bridgehead atoms. The molecule has 0 atom stereocenters. The molecule has 12 aromatic rings. The Kier molecular flexibility index (Phi) is 7.47. The highest BCUT2D eigenvalue weighted by molar-refractivity contribution is 6.38. The molecular formula is C54H35N3O2. The number of furan rings is 2. The van der Waals surface area contributed by atoms with Crippen LogP contribution in [0.1, 0.15) is 0 Å². The Balaban J connectivity index is 1.33. The molecular weight excluding hydrogens is 723 g/mol. The number of nitrogens with zero attached hydrogens (tertiary/aromatic N) is 3. The Morgan fingerprint density at radius 2 is 0.644 bits per heavy atom. The average Bonchev–Trinajstić information content (AvgIpc) is 3.98. The van der Waals surface area contributed by atoms with Gasteiger partial charge in [-0.15, -0.1) is 0 Å². The molecule has 0 fully saturated rings. The highest BCUT2D eigenvalue weighted by Gasteiger charge is 2.30. The van der Waals surface area contributed by atoms with E-state index in [2.05, 4.69) is 227 Å². The third-order valence-electron chi connectivity index (χ3n) is 11.5. The van der Waals surface area contributed by atoms with Gasteiger partial charge in [0.1, 0.15) is 11.2 Å². The minimum atomic E-state index is 0.818. The summed E-state index contributed by atoms with van der Waals surface area (Å²) >= 11 is 0. The Hall–Kier alpha value is -8.02. The zero-order chi connectivity index (χ0) is 38.9. The van der Waals surface area contributed by atoms with Gasteiger partial charge in [0, 0.05) is 60.8 Å². The summed E-state index contributed by atoms with van der Waals surface area (Å²) in [5.74, 6) is 0. The van der Waals surface area contributed by atoms with Crippen LogP contribution in [0.25, 0.3) is 71.4 Å². The lowest BCUT2D eigenvalue weighted by Gasteiger charge is -2.26. The molecule has 0 unspecified atom stereocenters. The minimum Gasteiger partial charge on any atom is -0.454 e. The normalized spacial score (nSPS) is 11.7. The van der Waals surface area contributed by atoms with Crippen molar-refractivity contribution in [2.24, 2.45) is 0 Å². The molecule has 0 N–H and O–H groups in total. The lowest BCUT2D eigenvalue weighted by Crippen LogP contribution is -2.10. The van der Waals surface area contributed by atoms with Gasteiger partial charge in [-0.25, -0.2) is 0 Å². The predicted molar refractivity (Wildman–Crippen MR) is 245 cm³/mol. The van der Waals surface area contributed by atoms with Crippen LogP contribution in [0.3, 0.4) is 0 Å². The van der Waals surface area contributed by atoms with Crippen LogP contribution < -0.4 is 9.80 Å². The van der Waals surface area contributed by atoms with Gasteiger partial charge in [-0.05, 0) is 84.9 Å². The minimum absolute atomic E-state index is 0.818. The molecule has 0 aliphatic carbocycles. The molecule has 0 saturated carbocycles. The van der Waals surface area contributed by atoms with E-state index in [4.69, 9.17) is 8.83 Å². The first-order valence-corrected chi connectivity index (χ1v) is 19.9. The van der Waals surface area contributed by atoms with E-state index in [1.54, 1.807) is 0 Å². The van der Waals surface area contributed by atoms with Crippen LogP contribution in [-0.4, -0.2) is 4.57 Å². The van der Waals surface area contributed by atoms with Gasteiger partial charge in [0.15, 0.2) is 11.2 Å². The molecule has 0 spiro atoms. The van der Waals surface area contributed by atoms with Crippen molar-refractivity contribution in [1.82, 2.24) is 4.57 Å². The topological polar surface area (TPSA) is 37.7 Å². The summed E-state index contributed by atoms with van der Waals surface area (Å²) in [6.45, 7) is 0. The number of hydrogen-bond acceptors (Lipinski definition) is 4. The third-order valence-corrected chi connectivity index (χ3v) is 11.5. The SMILES string of the molecule is c1ccc(N(c2ccccc2)c2cc3c(c4c2oc2ccccc24)c2c4c(oc5ccccc54)c(N(c4ccccc4)c4ccccc4)cc2n3-c2ccccc2)cc1. The number of fused-ring (bicyclic) bond motifs is 11. The van der Waals surface area contributed by atoms with Crippen molar-refractivity contribution in [2.75, 3.05) is 9.80 Å². The molecule has 5 nitrogen and oxygen atoms in total. The maximum absolute atomic E-state index is 7.06. The van der Waals surface area contributed by atoms with Crippen molar-refractivity contribution < 1.29 is 8.83 Å². The molecule has 5 heteroatoms. The molecule has 0 aliphatic rings. The van der Waals surface area contributed by atoms with Crippen LogP contribution in [0.15, 0.2) is 221 Å². The highest BCUT2D eigenvalue weighted by Crippen LogP contribution is 2.53. The molecule has 0 aliphatic heterocycles. The molecule has 59 heavy (non-hydrogen) atoms. The summed E-state index contributed by atoms with van der Waals surface area (Å²) in [6, 6.07) is 74.5. The smallest absolute Gasteiger partial charge is 0.160 e. The van der Waals surface area contributed by atoms with Gasteiger partial charge in [0.05, 0.1) is 22.4 Å². The Bertz CT molecular complexity index is 3190. The van der Waals surface area contributed by atoms with Crippen LogP contribution in [0.2, 0.25) is 0 Å². The second-order valence-corrected chi connectivity index (χ2v) is 14.9. The summed E-state index contributed by atoms with van der Waals surface area (Å²) in [4.78, 5) is 4.63. The van der Waals surface area contributed by atoms with E-state index in [0.29, 0.717) is 0 Å². The molecule has 3 aromatic heterocycles. The van der Waals surface area contributed by atoms with Gasteiger partial charge in [-0.2, -0.15) is 0 Å². The fourth-order valence-corrected chi connectivity index (χ4v) is 9.08. The molecule has 12 rings (SSSR count). The van der Waals surface area contributed by atoms with E-state index >= 15 is 0 Å². The number of rotatable bonds is 7. The lowest BCUT2D eigenvalue weighted by atomic mass is 9.99. The van der Waals surface area contributed by atoms with Crippen molar-refractivity contribution in [2.45, 2.75) is 0 Å².